The minimum absolute atomic E-state index is 0.0345. The van der Waals surface area contributed by atoms with E-state index in [1.807, 2.05) is 6.07 Å². The quantitative estimate of drug-likeness (QED) is 0.840. The van der Waals surface area contributed by atoms with E-state index in [1.54, 1.807) is 23.9 Å². The van der Waals surface area contributed by atoms with Crippen LogP contribution >= 0.6 is 11.8 Å². The van der Waals surface area contributed by atoms with Crippen LogP contribution in [0.2, 0.25) is 0 Å². The minimum Gasteiger partial charge on any atom is -0.327 e. The largest absolute Gasteiger partial charge is 0.327 e. The Labute approximate surface area is 118 Å². The number of hydrogen-bond donors (Lipinski definition) is 1. The summed E-state index contributed by atoms with van der Waals surface area (Å²) in [6, 6.07) is 15.1. The summed E-state index contributed by atoms with van der Waals surface area (Å²) in [7, 11) is 0. The molecule has 2 N–H and O–H groups in total. The van der Waals surface area contributed by atoms with Crippen LogP contribution in [0.1, 0.15) is 11.1 Å². The maximum atomic E-state index is 13.1. The average Bonchev–Trinajstić information content (AvgIpc) is 2.36. The molecule has 0 saturated heterocycles. The maximum Gasteiger partial charge on any atom is 0.123 e. The highest BCUT2D eigenvalue weighted by Crippen LogP contribution is 2.20. The van der Waals surface area contributed by atoms with Gasteiger partial charge in [0.05, 0.1) is 0 Å². The highest BCUT2D eigenvalue weighted by molar-refractivity contribution is 7.99. The first-order valence-corrected chi connectivity index (χ1v) is 7.31. The lowest BCUT2D eigenvalue weighted by atomic mass is 10.1. The van der Waals surface area contributed by atoms with Crippen molar-refractivity contribution in [3.63, 3.8) is 0 Å². The number of thioether (sulfide) groups is 1. The van der Waals surface area contributed by atoms with Gasteiger partial charge < -0.3 is 5.73 Å². The topological polar surface area (TPSA) is 26.0 Å². The van der Waals surface area contributed by atoms with Gasteiger partial charge in [-0.2, -0.15) is 0 Å². The van der Waals surface area contributed by atoms with E-state index in [1.165, 1.54) is 16.5 Å². The van der Waals surface area contributed by atoms with Gasteiger partial charge in [-0.15, -0.1) is 11.8 Å². The van der Waals surface area contributed by atoms with E-state index in [4.69, 9.17) is 5.73 Å². The third-order valence-corrected chi connectivity index (χ3v) is 4.02. The van der Waals surface area contributed by atoms with Crippen LogP contribution in [0.25, 0.3) is 0 Å². The van der Waals surface area contributed by atoms with Gasteiger partial charge in [-0.1, -0.05) is 29.8 Å². The molecule has 1 nitrogen and oxygen atoms in total. The number of rotatable bonds is 5. The molecular weight excluding hydrogens is 257 g/mol. The molecule has 0 heterocycles. The molecule has 3 heteroatoms. The van der Waals surface area contributed by atoms with Gasteiger partial charge in [0.15, 0.2) is 0 Å². The third-order valence-electron chi connectivity index (χ3n) is 2.84. The van der Waals surface area contributed by atoms with Crippen molar-refractivity contribution in [2.24, 2.45) is 5.73 Å². The first-order chi connectivity index (χ1) is 9.13. The summed E-state index contributed by atoms with van der Waals surface area (Å²) in [4.78, 5) is 1.23. The molecule has 2 aromatic carbocycles. The van der Waals surface area contributed by atoms with Gasteiger partial charge in [0, 0.05) is 16.7 Å². The van der Waals surface area contributed by atoms with E-state index < -0.39 is 0 Å². The summed E-state index contributed by atoms with van der Waals surface area (Å²) in [5.41, 5.74) is 8.31. The average molecular weight is 275 g/mol. The Morgan fingerprint density at radius 1 is 1.16 bits per heavy atom. The van der Waals surface area contributed by atoms with E-state index in [0.29, 0.717) is 6.42 Å². The molecule has 0 amide bonds. The predicted octanol–water partition coefficient (Wildman–Crippen LogP) is 3.80. The highest BCUT2D eigenvalue weighted by atomic mass is 32.2. The van der Waals surface area contributed by atoms with Gasteiger partial charge in [0.1, 0.15) is 5.82 Å². The van der Waals surface area contributed by atoms with Crippen LogP contribution in [-0.2, 0) is 6.42 Å². The normalized spacial score (nSPS) is 12.4. The fourth-order valence-electron chi connectivity index (χ4n) is 1.93. The second-order valence-corrected chi connectivity index (χ2v) is 5.82. The summed E-state index contributed by atoms with van der Waals surface area (Å²) in [5, 5.41) is 0. The van der Waals surface area contributed by atoms with Crippen molar-refractivity contribution in [3.8, 4) is 0 Å². The third kappa shape index (κ3) is 4.69. The molecule has 0 spiro atoms. The van der Waals surface area contributed by atoms with Crippen molar-refractivity contribution in [3.05, 3.63) is 65.5 Å². The van der Waals surface area contributed by atoms with Crippen LogP contribution in [0.3, 0.4) is 0 Å². The summed E-state index contributed by atoms with van der Waals surface area (Å²) in [5.74, 6) is 0.635. The lowest BCUT2D eigenvalue weighted by Crippen LogP contribution is -2.25. The van der Waals surface area contributed by atoms with Gasteiger partial charge >= 0.3 is 0 Å². The molecule has 0 saturated carbocycles. The van der Waals surface area contributed by atoms with Gasteiger partial charge in [0.25, 0.3) is 0 Å². The molecule has 0 fully saturated rings. The molecule has 0 aliphatic carbocycles. The number of hydrogen-bond acceptors (Lipinski definition) is 2. The Bertz CT molecular complexity index is 542. The van der Waals surface area contributed by atoms with Crippen LogP contribution in [0, 0.1) is 12.7 Å². The van der Waals surface area contributed by atoms with E-state index in [2.05, 4.69) is 31.2 Å². The Balaban J connectivity index is 1.86. The first kappa shape index (κ1) is 14.1. The Morgan fingerprint density at radius 3 is 2.68 bits per heavy atom. The molecular formula is C16H18FNS. The zero-order chi connectivity index (χ0) is 13.7. The van der Waals surface area contributed by atoms with Crippen molar-refractivity contribution in [2.45, 2.75) is 24.3 Å². The second kappa shape index (κ2) is 6.73. The summed E-state index contributed by atoms with van der Waals surface area (Å²) in [6.45, 7) is 2.08. The summed E-state index contributed by atoms with van der Waals surface area (Å²) >= 11 is 1.75. The first-order valence-electron chi connectivity index (χ1n) is 6.33. The Morgan fingerprint density at radius 2 is 1.95 bits per heavy atom. The molecule has 19 heavy (non-hydrogen) atoms. The van der Waals surface area contributed by atoms with E-state index in [-0.39, 0.29) is 11.9 Å². The predicted molar refractivity (Wildman–Crippen MR) is 80.0 cm³/mol. The number of halogens is 1. The SMILES string of the molecule is Cc1cccc(SCC(N)Cc2cccc(F)c2)c1. The molecule has 1 unspecified atom stereocenters. The highest BCUT2D eigenvalue weighted by Gasteiger charge is 2.06. The lowest BCUT2D eigenvalue weighted by molar-refractivity contribution is 0.623. The molecule has 0 aliphatic heterocycles. The van der Waals surface area contributed by atoms with Gasteiger partial charge in [-0.25, -0.2) is 4.39 Å². The zero-order valence-corrected chi connectivity index (χ0v) is 11.8. The van der Waals surface area contributed by atoms with Gasteiger partial charge in [-0.05, 0) is 43.2 Å². The van der Waals surface area contributed by atoms with Crippen LogP contribution in [0.5, 0.6) is 0 Å². The van der Waals surface area contributed by atoms with E-state index >= 15 is 0 Å². The molecule has 2 aromatic rings. The van der Waals surface area contributed by atoms with Crippen molar-refractivity contribution in [1.82, 2.24) is 0 Å². The molecule has 0 aliphatic rings. The van der Waals surface area contributed by atoms with Crippen molar-refractivity contribution in [2.75, 3.05) is 5.75 Å². The summed E-state index contributed by atoms with van der Waals surface area (Å²) in [6.07, 6.45) is 0.705. The van der Waals surface area contributed by atoms with Crippen molar-refractivity contribution in [1.29, 1.82) is 0 Å². The molecule has 0 aromatic heterocycles. The molecule has 2 rings (SSSR count). The van der Waals surface area contributed by atoms with Gasteiger partial charge in [0.2, 0.25) is 0 Å². The monoisotopic (exact) mass is 275 g/mol. The number of nitrogens with two attached hydrogens (primary N) is 1. The second-order valence-electron chi connectivity index (χ2n) is 4.72. The van der Waals surface area contributed by atoms with E-state index in [0.717, 1.165) is 11.3 Å². The van der Waals surface area contributed by atoms with Gasteiger partial charge in [-0.3, -0.25) is 0 Å². The molecule has 1 atom stereocenters. The minimum atomic E-state index is -0.198. The fraction of sp³-hybridized carbons (Fsp3) is 0.250. The molecule has 100 valence electrons. The zero-order valence-electron chi connectivity index (χ0n) is 11.0. The lowest BCUT2D eigenvalue weighted by Gasteiger charge is -2.11. The van der Waals surface area contributed by atoms with Crippen LogP contribution in [0.15, 0.2) is 53.4 Å². The summed E-state index contributed by atoms with van der Waals surface area (Å²) < 4.78 is 13.1. The number of benzene rings is 2. The van der Waals surface area contributed by atoms with E-state index in [9.17, 15) is 4.39 Å². The Kier molecular flexibility index (Phi) is 5.00. The smallest absolute Gasteiger partial charge is 0.123 e. The van der Waals surface area contributed by atoms with Crippen LogP contribution in [-0.4, -0.2) is 11.8 Å². The maximum absolute atomic E-state index is 13.1. The van der Waals surface area contributed by atoms with Crippen molar-refractivity contribution < 1.29 is 4.39 Å². The number of aryl methyl sites for hydroxylation is 1. The van der Waals surface area contributed by atoms with Crippen LogP contribution in [0.4, 0.5) is 4.39 Å². The molecule has 0 radical (unpaired) electrons. The molecule has 0 bridgehead atoms. The fourth-order valence-corrected chi connectivity index (χ4v) is 2.90. The van der Waals surface area contributed by atoms with Crippen LogP contribution < -0.4 is 5.73 Å². The van der Waals surface area contributed by atoms with Crippen molar-refractivity contribution >= 4 is 11.8 Å². The Hall–Kier alpha value is -1.32. The standard InChI is InChI=1S/C16H18FNS/c1-12-4-2-7-16(8-12)19-11-15(18)10-13-5-3-6-14(17)9-13/h2-9,15H,10-11,18H2,1H3.